The third kappa shape index (κ3) is 4.92. The first-order chi connectivity index (χ1) is 20.7. The summed E-state index contributed by atoms with van der Waals surface area (Å²) >= 11 is 0. The summed E-state index contributed by atoms with van der Waals surface area (Å²) in [6.45, 7) is 21.5. The molecule has 220 valence electrons. The molecule has 5 heteroatoms. The Hall–Kier alpha value is -3.70. The molecule has 43 heavy (non-hydrogen) atoms. The number of hydrogen-bond acceptors (Lipinski definition) is 2. The molecule has 1 aromatic carbocycles. The molecule has 1 aliphatic carbocycles. The summed E-state index contributed by atoms with van der Waals surface area (Å²) in [6.07, 6.45) is 13.4. The summed E-state index contributed by atoms with van der Waals surface area (Å²) in [5, 5.41) is 4.99. The highest BCUT2D eigenvalue weighted by Gasteiger charge is 2.48. The fourth-order valence-electron chi connectivity index (χ4n) is 8.18. The molecular weight excluding hydrogens is 543 g/mol. The van der Waals surface area contributed by atoms with Crippen molar-refractivity contribution in [3.05, 3.63) is 115 Å². The van der Waals surface area contributed by atoms with E-state index in [9.17, 15) is 0 Å². The molecule has 1 N–H and O–H groups in total. The first-order valence-electron chi connectivity index (χ1n) is 16.1. The van der Waals surface area contributed by atoms with Crippen molar-refractivity contribution in [2.45, 2.75) is 76.5 Å². The topological polar surface area (TPSA) is 29.0 Å². The van der Waals surface area contributed by atoms with Gasteiger partial charge < -0.3 is 10.1 Å². The van der Waals surface area contributed by atoms with Crippen LogP contribution in [0.15, 0.2) is 97.9 Å². The maximum Gasteiger partial charge on any atom is 0.249 e. The van der Waals surface area contributed by atoms with E-state index in [1.165, 1.54) is 54.5 Å². The maximum absolute atomic E-state index is 6.06. The van der Waals surface area contributed by atoms with Gasteiger partial charge in [0.05, 0.1) is 19.6 Å². The van der Waals surface area contributed by atoms with Gasteiger partial charge in [0.15, 0.2) is 18.3 Å². The number of fused-ring (bicyclic) bond motifs is 8. The fraction of sp³-hybridized carbons (Fsp3) is 0.368. The molecule has 5 heterocycles. The number of hydrogen-bond donors (Lipinski definition) is 1. The Bertz CT molecular complexity index is 1690. The Kier molecular flexibility index (Phi) is 7.04. The lowest BCUT2D eigenvalue weighted by Crippen LogP contribution is -2.57. The van der Waals surface area contributed by atoms with Crippen LogP contribution >= 0.6 is 0 Å². The van der Waals surface area contributed by atoms with Crippen LogP contribution in [0.5, 0.6) is 0 Å². The summed E-state index contributed by atoms with van der Waals surface area (Å²) in [5.74, 6) is 2.29. The van der Waals surface area contributed by atoms with Gasteiger partial charge in [-0.05, 0) is 67.2 Å². The Balaban J connectivity index is 1.45. The summed E-state index contributed by atoms with van der Waals surface area (Å²) in [6, 6.07) is 18.2. The highest BCUT2D eigenvalue weighted by Crippen LogP contribution is 2.46. The normalized spacial score (nSPS) is 22.1. The lowest BCUT2D eigenvalue weighted by atomic mass is 9.78. The fourth-order valence-corrected chi connectivity index (χ4v) is 9.85. The Morgan fingerprint density at radius 2 is 1.72 bits per heavy atom. The van der Waals surface area contributed by atoms with Crippen LogP contribution in [-0.2, 0) is 11.2 Å². The lowest BCUT2D eigenvalue weighted by Gasteiger charge is -2.31. The molecule has 0 saturated heterocycles. The van der Waals surface area contributed by atoms with Crippen molar-refractivity contribution in [3.8, 4) is 11.3 Å². The molecule has 2 unspecified atom stereocenters. The van der Waals surface area contributed by atoms with E-state index in [1.807, 2.05) is 0 Å². The van der Waals surface area contributed by atoms with E-state index in [2.05, 4.69) is 108 Å². The van der Waals surface area contributed by atoms with Crippen molar-refractivity contribution < 1.29 is 13.9 Å². The molecule has 0 bridgehead atoms. The van der Waals surface area contributed by atoms with Crippen molar-refractivity contribution in [1.29, 1.82) is 0 Å². The first kappa shape index (κ1) is 28.1. The van der Waals surface area contributed by atoms with E-state index in [-0.39, 0.29) is 12.0 Å². The van der Waals surface area contributed by atoms with Crippen molar-refractivity contribution in [1.82, 2.24) is 5.32 Å². The van der Waals surface area contributed by atoms with E-state index >= 15 is 0 Å². The van der Waals surface area contributed by atoms with Crippen LogP contribution in [-0.4, -0.2) is 14.6 Å². The summed E-state index contributed by atoms with van der Waals surface area (Å²) in [5.41, 5.74) is 10.3. The van der Waals surface area contributed by atoms with E-state index in [0.29, 0.717) is 18.2 Å². The van der Waals surface area contributed by atoms with Crippen LogP contribution in [0.3, 0.4) is 0 Å². The van der Waals surface area contributed by atoms with E-state index < -0.39 is 8.07 Å². The number of ether oxygens (including phenoxy) is 1. The van der Waals surface area contributed by atoms with Crippen LogP contribution in [0, 0.1) is 5.92 Å². The second-order valence-corrected chi connectivity index (χ2v) is 19.1. The number of nitrogens with zero attached hydrogens (tertiary/aromatic N) is 2. The van der Waals surface area contributed by atoms with E-state index in [4.69, 9.17) is 11.3 Å². The second-order valence-electron chi connectivity index (χ2n) is 14.0. The Morgan fingerprint density at radius 3 is 2.51 bits per heavy atom. The van der Waals surface area contributed by atoms with Gasteiger partial charge in [-0.15, -0.1) is 0 Å². The molecule has 3 aromatic rings. The predicted molar refractivity (Wildman–Crippen MR) is 178 cm³/mol. The molecule has 0 radical (unpaired) electrons. The zero-order chi connectivity index (χ0) is 29.9. The molecule has 2 aromatic heterocycles. The minimum Gasteiger partial charge on any atom is -0.442 e. The summed E-state index contributed by atoms with van der Waals surface area (Å²) < 4.78 is 11.0. The van der Waals surface area contributed by atoms with Gasteiger partial charge in [0.2, 0.25) is 23.1 Å². The largest absolute Gasteiger partial charge is 0.442 e. The number of pyridine rings is 2. The van der Waals surface area contributed by atoms with Crippen LogP contribution in [0.25, 0.3) is 22.5 Å². The third-order valence-corrected chi connectivity index (χ3v) is 12.3. The van der Waals surface area contributed by atoms with Crippen molar-refractivity contribution in [3.63, 3.8) is 0 Å². The monoisotopic (exact) mass is 587 g/mol. The van der Waals surface area contributed by atoms with Gasteiger partial charge in [0, 0.05) is 35.5 Å². The lowest BCUT2D eigenvalue weighted by molar-refractivity contribution is -0.728. The molecule has 3 aliphatic heterocycles. The van der Waals surface area contributed by atoms with Gasteiger partial charge in [0.25, 0.3) is 0 Å². The highest BCUT2D eigenvalue weighted by atomic mass is 28.3. The van der Waals surface area contributed by atoms with Crippen LogP contribution in [0.1, 0.15) is 67.3 Å². The van der Waals surface area contributed by atoms with Gasteiger partial charge in [-0.3, -0.25) is 0 Å². The molecule has 0 spiro atoms. The van der Waals surface area contributed by atoms with Gasteiger partial charge in [-0.1, -0.05) is 70.1 Å². The second kappa shape index (κ2) is 10.8. The minimum absolute atomic E-state index is 0.0901. The average Bonchev–Trinajstić information content (AvgIpc) is 3.46. The molecule has 4 aliphatic rings. The zero-order valence-electron chi connectivity index (χ0n) is 26.1. The number of benzene rings is 1. The van der Waals surface area contributed by atoms with Crippen LogP contribution in [0.4, 0.5) is 0 Å². The zero-order valence-corrected chi connectivity index (χ0v) is 27.1. The van der Waals surface area contributed by atoms with Crippen molar-refractivity contribution in [2.24, 2.45) is 5.92 Å². The molecule has 1 fully saturated rings. The quantitative estimate of drug-likeness (QED) is 0.260. The molecule has 2 atom stereocenters. The summed E-state index contributed by atoms with van der Waals surface area (Å²) in [4.78, 5) is 0. The van der Waals surface area contributed by atoms with Crippen LogP contribution in [0.2, 0.25) is 19.6 Å². The van der Waals surface area contributed by atoms with Crippen molar-refractivity contribution >= 4 is 24.5 Å². The highest BCUT2D eigenvalue weighted by molar-refractivity contribution is 6.89. The molecule has 4 nitrogen and oxygen atoms in total. The van der Waals surface area contributed by atoms with Crippen molar-refractivity contribution in [2.75, 3.05) is 6.54 Å². The summed E-state index contributed by atoms with van der Waals surface area (Å²) in [7, 11) is -1.64. The minimum atomic E-state index is -1.64. The van der Waals surface area contributed by atoms with Gasteiger partial charge in [-0.25, -0.2) is 0 Å². The standard InChI is InChI=1S/C38H45N3OSi/c1-25-38-33(19-18-29-23-39-27(3)42-26(2)37(29)34-17-11-12-20-40(25)34)31-15-9-10-16-32(31)35-22-30(21-28-13-7-8-14-28)36(24-41(35)38)43(4,5)6/h9-12,15-17,20,22,24,28,33,38-39H,1-3,7-8,13-14,18-19,21,23H2,4-6H3/q+2. The molecule has 7 rings (SSSR count). The number of rotatable bonds is 3. The van der Waals surface area contributed by atoms with E-state index in [0.717, 1.165) is 35.7 Å². The van der Waals surface area contributed by atoms with Gasteiger partial charge in [0.1, 0.15) is 5.76 Å². The predicted octanol–water partition coefficient (Wildman–Crippen LogP) is 7.17. The first-order valence-corrected chi connectivity index (χ1v) is 19.6. The Morgan fingerprint density at radius 1 is 0.953 bits per heavy atom. The Labute approximate surface area is 258 Å². The number of nitrogens with one attached hydrogen (secondary N) is 1. The maximum atomic E-state index is 6.06. The SMILES string of the molecule is C=C1NCC2=C(C(=C)O1)c1cccc[n+]1C(=C)C1C(CC2)c2ccccc2-c2cc(CC3CCCC3)c([Si](C)(C)C)c[n+]21. The third-order valence-electron chi connectivity index (χ3n) is 10.2. The van der Waals surface area contributed by atoms with E-state index in [1.54, 1.807) is 10.8 Å². The number of allylic oxidation sites excluding steroid dienone is 2. The smallest absolute Gasteiger partial charge is 0.249 e. The average molecular weight is 588 g/mol. The van der Waals surface area contributed by atoms with Crippen LogP contribution < -0.4 is 19.6 Å². The molecule has 0 amide bonds. The molecular formula is C38H45N3OSi+2. The van der Waals surface area contributed by atoms with Gasteiger partial charge >= 0.3 is 0 Å². The molecule has 1 saturated carbocycles. The number of aromatic nitrogens is 2. The van der Waals surface area contributed by atoms with Gasteiger partial charge in [-0.2, -0.15) is 9.13 Å².